The summed E-state index contributed by atoms with van der Waals surface area (Å²) in [4.78, 5) is 34.5. The van der Waals surface area contributed by atoms with Crippen molar-refractivity contribution in [2.45, 2.75) is 69.5 Å². The van der Waals surface area contributed by atoms with Crippen molar-refractivity contribution in [1.82, 2.24) is 14.8 Å². The van der Waals surface area contributed by atoms with E-state index in [2.05, 4.69) is 53.5 Å². The molecule has 4 heterocycles. The Balaban J connectivity index is 1.27. The molecule has 0 spiro atoms. The Morgan fingerprint density at radius 2 is 1.70 bits per heavy atom. The number of amides is 2. The average molecular weight is 442 g/mol. The minimum absolute atomic E-state index is 0.0397. The van der Waals surface area contributed by atoms with Crippen molar-refractivity contribution in [1.29, 1.82) is 0 Å². The molecule has 3 aliphatic rings. The molecule has 0 radical (unpaired) electrons. The van der Waals surface area contributed by atoms with E-state index in [1.54, 1.807) is 0 Å². The Kier molecular flexibility index (Phi) is 5.20. The van der Waals surface area contributed by atoms with Gasteiger partial charge in [0.25, 0.3) is 0 Å². The van der Waals surface area contributed by atoms with Gasteiger partial charge in [-0.05, 0) is 49.3 Å². The number of hydrogen-bond acceptors (Lipinski definition) is 2. The number of carbonyl (C=O) groups is 2. The number of unbranched alkanes of at least 4 members (excludes halogenated alkanes) is 2. The van der Waals surface area contributed by atoms with Gasteiger partial charge in [0, 0.05) is 29.6 Å². The van der Waals surface area contributed by atoms with Crippen LogP contribution in [0.15, 0.2) is 54.6 Å². The highest BCUT2D eigenvalue weighted by atomic mass is 16.2. The van der Waals surface area contributed by atoms with Gasteiger partial charge in [-0.3, -0.25) is 9.59 Å². The first-order valence-electron chi connectivity index (χ1n) is 12.5. The third-order valence-electron chi connectivity index (χ3n) is 7.90. The number of hydrogen-bond donors (Lipinski definition) is 1. The molecule has 0 aliphatic carbocycles. The van der Waals surface area contributed by atoms with Crippen molar-refractivity contribution in [3.05, 3.63) is 71.4 Å². The normalized spacial score (nSPS) is 24.2. The van der Waals surface area contributed by atoms with Gasteiger partial charge in [0.1, 0.15) is 12.1 Å². The third kappa shape index (κ3) is 3.45. The van der Waals surface area contributed by atoms with Crippen molar-refractivity contribution >= 4 is 22.7 Å². The first kappa shape index (κ1) is 20.5. The molecule has 33 heavy (non-hydrogen) atoms. The molecule has 2 saturated heterocycles. The number of H-pyrrole nitrogens is 1. The molecule has 3 aliphatic heterocycles. The molecule has 0 saturated carbocycles. The fourth-order valence-electron chi connectivity index (χ4n) is 6.31. The Bertz CT molecular complexity index is 1180. The highest BCUT2D eigenvalue weighted by Gasteiger charge is 2.52. The summed E-state index contributed by atoms with van der Waals surface area (Å²) in [7, 11) is 0. The van der Waals surface area contributed by atoms with Gasteiger partial charge in [0.2, 0.25) is 11.8 Å². The van der Waals surface area contributed by atoms with Crippen LogP contribution in [0.25, 0.3) is 10.9 Å². The second-order valence-electron chi connectivity index (χ2n) is 9.82. The molecular formula is C28H31N3O2. The van der Waals surface area contributed by atoms with Crippen LogP contribution >= 0.6 is 0 Å². The van der Waals surface area contributed by atoms with Crippen molar-refractivity contribution < 1.29 is 9.59 Å². The summed E-state index contributed by atoms with van der Waals surface area (Å²) in [5.41, 5.74) is 4.88. The fraction of sp³-hybridized carbons (Fsp3) is 0.429. The predicted molar refractivity (Wildman–Crippen MR) is 129 cm³/mol. The van der Waals surface area contributed by atoms with E-state index in [0.29, 0.717) is 6.42 Å². The monoisotopic (exact) mass is 441 g/mol. The quantitative estimate of drug-likeness (QED) is 0.560. The van der Waals surface area contributed by atoms with Gasteiger partial charge < -0.3 is 14.8 Å². The smallest absolute Gasteiger partial charge is 0.246 e. The maximum atomic E-state index is 13.6. The molecule has 5 heteroatoms. The lowest BCUT2D eigenvalue weighted by atomic mass is 9.86. The zero-order valence-corrected chi connectivity index (χ0v) is 19.0. The summed E-state index contributed by atoms with van der Waals surface area (Å²) in [5, 5.41) is 1.20. The molecule has 170 valence electrons. The molecule has 1 N–H and O–H groups in total. The van der Waals surface area contributed by atoms with Crippen LogP contribution in [0.1, 0.15) is 61.4 Å². The summed E-state index contributed by atoms with van der Waals surface area (Å²) >= 11 is 0. The van der Waals surface area contributed by atoms with Gasteiger partial charge in [0.05, 0.1) is 6.04 Å². The highest BCUT2D eigenvalue weighted by molar-refractivity contribution is 5.99. The Labute approximate surface area is 194 Å². The molecule has 3 atom stereocenters. The minimum Gasteiger partial charge on any atom is -0.356 e. The van der Waals surface area contributed by atoms with Crippen molar-refractivity contribution in [3.8, 4) is 0 Å². The van der Waals surface area contributed by atoms with E-state index in [4.69, 9.17) is 0 Å². The molecule has 2 aromatic carbocycles. The zero-order chi connectivity index (χ0) is 22.4. The van der Waals surface area contributed by atoms with E-state index in [1.807, 2.05) is 15.9 Å². The maximum Gasteiger partial charge on any atom is 0.246 e. The lowest BCUT2D eigenvalue weighted by Gasteiger charge is -2.48. The van der Waals surface area contributed by atoms with E-state index in [1.165, 1.54) is 16.5 Å². The van der Waals surface area contributed by atoms with Gasteiger partial charge in [-0.2, -0.15) is 0 Å². The number of fused-ring (bicyclic) bond motifs is 5. The highest BCUT2D eigenvalue weighted by Crippen LogP contribution is 2.43. The number of piperazine rings is 1. The summed E-state index contributed by atoms with van der Waals surface area (Å²) in [6, 6.07) is 18.3. The van der Waals surface area contributed by atoms with Crippen molar-refractivity contribution in [3.63, 3.8) is 0 Å². The molecule has 0 bridgehead atoms. The van der Waals surface area contributed by atoms with Crippen LogP contribution < -0.4 is 0 Å². The van der Waals surface area contributed by atoms with E-state index in [0.717, 1.165) is 62.7 Å². The van der Waals surface area contributed by atoms with Crippen LogP contribution in [0.2, 0.25) is 0 Å². The van der Waals surface area contributed by atoms with Crippen LogP contribution in [0, 0.1) is 0 Å². The number of carbonyl (C=O) groups excluding carboxylic acids is 2. The topological polar surface area (TPSA) is 56.4 Å². The van der Waals surface area contributed by atoms with Gasteiger partial charge >= 0.3 is 0 Å². The molecule has 3 aromatic rings. The van der Waals surface area contributed by atoms with E-state index < -0.39 is 0 Å². The summed E-state index contributed by atoms with van der Waals surface area (Å²) in [5.74, 6) is 0.317. The number of nitrogens with one attached hydrogen (secondary N) is 1. The fourth-order valence-corrected chi connectivity index (χ4v) is 6.31. The van der Waals surface area contributed by atoms with Crippen molar-refractivity contribution in [2.24, 2.45) is 0 Å². The van der Waals surface area contributed by atoms with Crippen LogP contribution in [0.3, 0.4) is 0 Å². The SMILES string of the molecule is O=C1[C@@H]2Cc3c([nH]c4ccccc34)[C@H](CCCCCc3ccccc3)N2C(=O)[C@@H]2CCCN12. The van der Waals surface area contributed by atoms with Gasteiger partial charge in [-0.15, -0.1) is 0 Å². The van der Waals surface area contributed by atoms with Gasteiger partial charge in [-0.25, -0.2) is 0 Å². The van der Waals surface area contributed by atoms with Gasteiger partial charge in [0.15, 0.2) is 0 Å². The number of nitrogens with zero attached hydrogens (tertiary/aromatic N) is 2. The number of aryl methyl sites for hydroxylation is 1. The molecular weight excluding hydrogens is 410 g/mol. The Morgan fingerprint density at radius 3 is 2.58 bits per heavy atom. The number of para-hydroxylation sites is 1. The zero-order valence-electron chi connectivity index (χ0n) is 19.0. The third-order valence-corrected chi connectivity index (χ3v) is 7.90. The molecule has 0 unspecified atom stereocenters. The number of benzene rings is 2. The van der Waals surface area contributed by atoms with E-state index in [9.17, 15) is 9.59 Å². The van der Waals surface area contributed by atoms with E-state index >= 15 is 0 Å². The van der Waals surface area contributed by atoms with Gasteiger partial charge in [-0.1, -0.05) is 61.4 Å². The van der Waals surface area contributed by atoms with Crippen LogP contribution in [0.4, 0.5) is 0 Å². The first-order chi connectivity index (χ1) is 16.2. The van der Waals surface area contributed by atoms with Crippen molar-refractivity contribution in [2.75, 3.05) is 6.54 Å². The number of aromatic nitrogens is 1. The maximum absolute atomic E-state index is 13.6. The van der Waals surface area contributed by atoms with E-state index in [-0.39, 0.29) is 29.9 Å². The van der Waals surface area contributed by atoms with Crippen LogP contribution in [0.5, 0.6) is 0 Å². The standard InChI is InChI=1S/C28H31N3O2/c32-27-25-18-21-20-13-7-8-14-22(20)29-26(21)23(31(25)28(33)24-16-9-17-30(24)27)15-6-2-5-12-19-10-3-1-4-11-19/h1,3-4,7-8,10-11,13-14,23-25,29H,2,5-6,9,12,15-18H2/t23-,24-,25-/m0/s1. The summed E-state index contributed by atoms with van der Waals surface area (Å²) in [6.45, 7) is 0.727. The first-order valence-corrected chi connectivity index (χ1v) is 12.5. The molecule has 5 nitrogen and oxygen atoms in total. The molecule has 6 rings (SSSR count). The summed E-state index contributed by atoms with van der Waals surface area (Å²) < 4.78 is 0. The average Bonchev–Trinajstić information content (AvgIpc) is 3.48. The molecule has 1 aromatic heterocycles. The minimum atomic E-state index is -0.354. The molecule has 2 fully saturated rings. The Hall–Kier alpha value is -3.08. The predicted octanol–water partition coefficient (Wildman–Crippen LogP) is 4.77. The number of rotatable bonds is 6. The summed E-state index contributed by atoms with van der Waals surface area (Å²) in [6.07, 6.45) is 7.65. The Morgan fingerprint density at radius 1 is 0.879 bits per heavy atom. The number of aromatic amines is 1. The lowest BCUT2D eigenvalue weighted by molar-refractivity contribution is -0.163. The van der Waals surface area contributed by atoms with Crippen LogP contribution in [-0.2, 0) is 22.4 Å². The second-order valence-corrected chi connectivity index (χ2v) is 9.82. The van der Waals surface area contributed by atoms with Crippen LogP contribution in [-0.4, -0.2) is 45.2 Å². The molecule has 2 amide bonds. The lowest BCUT2D eigenvalue weighted by Crippen LogP contribution is -2.65. The second kappa shape index (κ2) is 8.36. The largest absolute Gasteiger partial charge is 0.356 e.